The number of halogens is 2. The smallest absolute Gasteiger partial charge is 0.237 e. The quantitative estimate of drug-likeness (QED) is 0.471. The topological polar surface area (TPSA) is 85.8 Å². The Hall–Kier alpha value is -2.22. The van der Waals surface area contributed by atoms with Gasteiger partial charge in [0, 0.05) is 16.3 Å². The van der Waals surface area contributed by atoms with Gasteiger partial charge in [-0.15, -0.1) is 10.2 Å². The number of nitrogens with two attached hydrogens (primary N) is 1. The number of thioether (sulfide) groups is 1. The summed E-state index contributed by atoms with van der Waals surface area (Å²) >= 11 is 13.4. The van der Waals surface area contributed by atoms with Gasteiger partial charge in [0.2, 0.25) is 11.1 Å². The molecule has 1 heterocycles. The molecule has 0 spiro atoms. The Labute approximate surface area is 171 Å². The predicted molar refractivity (Wildman–Crippen MR) is 111 cm³/mol. The molecule has 0 aliphatic heterocycles. The number of aromatic nitrogens is 3. The standard InChI is InChI=1S/C18H17Cl2N5OS/c1-10-4-3-5-13(8-10)22-17(26)11(2)27-18-24-23-16(25(18)21)14-9-12(19)6-7-15(14)20/h3-9,11H,21H2,1-2H3,(H,22,26). The van der Waals surface area contributed by atoms with Crippen LogP contribution in [0, 0.1) is 6.92 Å². The molecule has 0 radical (unpaired) electrons. The number of anilines is 1. The number of carbonyl (C=O) groups is 1. The summed E-state index contributed by atoms with van der Waals surface area (Å²) in [5.41, 5.74) is 2.38. The highest BCUT2D eigenvalue weighted by molar-refractivity contribution is 8.00. The second-order valence-corrected chi connectivity index (χ2v) is 8.07. The van der Waals surface area contributed by atoms with E-state index in [2.05, 4.69) is 15.5 Å². The van der Waals surface area contributed by atoms with Gasteiger partial charge < -0.3 is 11.2 Å². The van der Waals surface area contributed by atoms with Crippen molar-refractivity contribution in [2.45, 2.75) is 24.3 Å². The molecule has 1 unspecified atom stereocenters. The van der Waals surface area contributed by atoms with Crippen LogP contribution in [0.25, 0.3) is 11.4 Å². The van der Waals surface area contributed by atoms with Crippen molar-refractivity contribution >= 4 is 46.6 Å². The van der Waals surface area contributed by atoms with Gasteiger partial charge in [0.15, 0.2) is 5.82 Å². The number of aryl methyl sites for hydroxylation is 1. The molecule has 1 aromatic heterocycles. The van der Waals surface area contributed by atoms with Crippen LogP contribution >= 0.6 is 35.0 Å². The summed E-state index contributed by atoms with van der Waals surface area (Å²) in [5, 5.41) is 12.0. The fourth-order valence-corrected chi connectivity index (χ4v) is 3.53. The van der Waals surface area contributed by atoms with Gasteiger partial charge in [-0.1, -0.05) is 47.1 Å². The lowest BCUT2D eigenvalue weighted by molar-refractivity contribution is -0.115. The summed E-state index contributed by atoms with van der Waals surface area (Å²) in [6.07, 6.45) is 0. The van der Waals surface area contributed by atoms with Crippen molar-refractivity contribution in [2.75, 3.05) is 11.2 Å². The van der Waals surface area contributed by atoms with Gasteiger partial charge in [0.1, 0.15) is 0 Å². The summed E-state index contributed by atoms with van der Waals surface area (Å²) < 4.78 is 1.30. The molecule has 2 aromatic carbocycles. The van der Waals surface area contributed by atoms with Crippen molar-refractivity contribution in [3.63, 3.8) is 0 Å². The average Bonchev–Trinajstić information content (AvgIpc) is 2.97. The van der Waals surface area contributed by atoms with Crippen LogP contribution in [0.4, 0.5) is 5.69 Å². The molecule has 6 nitrogen and oxygen atoms in total. The first-order valence-corrected chi connectivity index (χ1v) is 9.69. The van der Waals surface area contributed by atoms with Gasteiger partial charge in [0.05, 0.1) is 10.3 Å². The lowest BCUT2D eigenvalue weighted by atomic mass is 10.2. The zero-order valence-electron chi connectivity index (χ0n) is 14.6. The summed E-state index contributed by atoms with van der Waals surface area (Å²) in [6, 6.07) is 12.6. The molecule has 9 heteroatoms. The van der Waals surface area contributed by atoms with Crippen LogP contribution < -0.4 is 11.2 Å². The molecular formula is C18H17Cl2N5OS. The molecular weight excluding hydrogens is 405 g/mol. The summed E-state index contributed by atoms with van der Waals surface area (Å²) in [7, 11) is 0. The van der Waals surface area contributed by atoms with E-state index in [-0.39, 0.29) is 5.91 Å². The number of amides is 1. The summed E-state index contributed by atoms with van der Waals surface area (Å²) in [4.78, 5) is 12.4. The third-order valence-corrected chi connectivity index (χ3v) is 5.39. The summed E-state index contributed by atoms with van der Waals surface area (Å²) in [5.74, 6) is 6.33. The highest BCUT2D eigenvalue weighted by Crippen LogP contribution is 2.31. The molecule has 140 valence electrons. The van der Waals surface area contributed by atoms with Crippen molar-refractivity contribution in [1.82, 2.24) is 14.9 Å². The lowest BCUT2D eigenvalue weighted by Crippen LogP contribution is -2.23. The molecule has 0 saturated heterocycles. The Kier molecular flexibility index (Phi) is 5.94. The first-order chi connectivity index (χ1) is 12.8. The second-order valence-electron chi connectivity index (χ2n) is 5.92. The van der Waals surface area contributed by atoms with Gasteiger partial charge >= 0.3 is 0 Å². The maximum absolute atomic E-state index is 12.4. The summed E-state index contributed by atoms with van der Waals surface area (Å²) in [6.45, 7) is 3.74. The maximum atomic E-state index is 12.4. The molecule has 3 aromatic rings. The van der Waals surface area contributed by atoms with E-state index >= 15 is 0 Å². The minimum absolute atomic E-state index is 0.157. The highest BCUT2D eigenvalue weighted by atomic mass is 35.5. The molecule has 3 N–H and O–H groups in total. The largest absolute Gasteiger partial charge is 0.335 e. The normalized spacial score (nSPS) is 12.0. The average molecular weight is 422 g/mol. The van der Waals surface area contributed by atoms with Crippen molar-refractivity contribution in [1.29, 1.82) is 0 Å². The van der Waals surface area contributed by atoms with Crippen molar-refractivity contribution < 1.29 is 4.79 Å². The number of carbonyl (C=O) groups excluding carboxylic acids is 1. The number of nitrogens with one attached hydrogen (secondary N) is 1. The Morgan fingerprint density at radius 1 is 1.22 bits per heavy atom. The molecule has 1 atom stereocenters. The van der Waals surface area contributed by atoms with Crippen LogP contribution in [0.5, 0.6) is 0 Å². The van der Waals surface area contributed by atoms with Crippen LogP contribution in [0.2, 0.25) is 10.0 Å². The highest BCUT2D eigenvalue weighted by Gasteiger charge is 2.21. The maximum Gasteiger partial charge on any atom is 0.237 e. The van der Waals surface area contributed by atoms with Crippen molar-refractivity contribution in [3.8, 4) is 11.4 Å². The number of benzene rings is 2. The van der Waals surface area contributed by atoms with E-state index in [1.54, 1.807) is 25.1 Å². The van der Waals surface area contributed by atoms with Gasteiger partial charge in [-0.3, -0.25) is 4.79 Å². The lowest BCUT2D eigenvalue weighted by Gasteiger charge is -2.12. The number of nitrogens with zero attached hydrogens (tertiary/aromatic N) is 3. The first kappa shape index (κ1) is 19.5. The third-order valence-electron chi connectivity index (χ3n) is 3.77. The molecule has 0 saturated carbocycles. The molecule has 0 aliphatic rings. The zero-order chi connectivity index (χ0) is 19.6. The molecule has 27 heavy (non-hydrogen) atoms. The van der Waals surface area contributed by atoms with E-state index in [1.807, 2.05) is 31.2 Å². The van der Waals surface area contributed by atoms with Gasteiger partial charge in [-0.25, -0.2) is 4.68 Å². The first-order valence-electron chi connectivity index (χ1n) is 8.05. The van der Waals surface area contributed by atoms with Crippen LogP contribution in [0.1, 0.15) is 12.5 Å². The Bertz CT molecular complexity index is 992. The van der Waals surface area contributed by atoms with Crippen LogP contribution in [0.3, 0.4) is 0 Å². The molecule has 0 fully saturated rings. The Morgan fingerprint density at radius 3 is 2.74 bits per heavy atom. The van der Waals surface area contributed by atoms with Crippen LogP contribution in [-0.4, -0.2) is 26.0 Å². The van der Waals surface area contributed by atoms with Gasteiger partial charge in [0.25, 0.3) is 0 Å². The number of rotatable bonds is 5. The molecule has 0 aliphatic carbocycles. The molecule has 1 amide bonds. The van der Waals surface area contributed by atoms with E-state index in [4.69, 9.17) is 29.0 Å². The fraction of sp³-hybridized carbons (Fsp3) is 0.167. The van der Waals surface area contributed by atoms with E-state index in [0.29, 0.717) is 26.6 Å². The molecule has 0 bridgehead atoms. The zero-order valence-corrected chi connectivity index (χ0v) is 16.9. The van der Waals surface area contributed by atoms with Crippen LogP contribution in [0.15, 0.2) is 47.6 Å². The predicted octanol–water partition coefficient (Wildman–Crippen LogP) is 4.39. The van der Waals surface area contributed by atoms with Crippen molar-refractivity contribution in [3.05, 3.63) is 58.1 Å². The minimum atomic E-state index is -0.431. The number of nitrogen functional groups attached to an aromatic ring is 1. The third kappa shape index (κ3) is 4.55. The second kappa shape index (κ2) is 8.21. The minimum Gasteiger partial charge on any atom is -0.335 e. The van der Waals surface area contributed by atoms with Gasteiger partial charge in [-0.2, -0.15) is 0 Å². The Morgan fingerprint density at radius 2 is 2.00 bits per heavy atom. The SMILES string of the molecule is Cc1cccc(NC(=O)C(C)Sc2nnc(-c3cc(Cl)ccc3Cl)n2N)c1. The van der Waals surface area contributed by atoms with Gasteiger partial charge in [-0.05, 0) is 49.7 Å². The fourth-order valence-electron chi connectivity index (χ4n) is 2.39. The Balaban J connectivity index is 1.75. The number of hydrogen-bond acceptors (Lipinski definition) is 5. The monoisotopic (exact) mass is 421 g/mol. The number of hydrogen-bond donors (Lipinski definition) is 2. The molecule has 3 rings (SSSR count). The van der Waals surface area contributed by atoms with E-state index < -0.39 is 5.25 Å². The van der Waals surface area contributed by atoms with Crippen LogP contribution in [-0.2, 0) is 4.79 Å². The van der Waals surface area contributed by atoms with E-state index in [0.717, 1.165) is 11.3 Å². The van der Waals surface area contributed by atoms with E-state index in [9.17, 15) is 4.79 Å². The van der Waals surface area contributed by atoms with E-state index in [1.165, 1.54) is 16.4 Å². The van der Waals surface area contributed by atoms with Crippen molar-refractivity contribution in [2.24, 2.45) is 0 Å².